The quantitative estimate of drug-likeness (QED) is 0.669. The van der Waals surface area contributed by atoms with E-state index in [1.54, 1.807) is 14.2 Å². The summed E-state index contributed by atoms with van der Waals surface area (Å²) >= 11 is 0. The molecule has 1 aromatic carbocycles. The van der Waals surface area contributed by atoms with Crippen molar-refractivity contribution in [2.45, 2.75) is 33.2 Å². The lowest BCUT2D eigenvalue weighted by molar-refractivity contribution is 0.345. The van der Waals surface area contributed by atoms with Gasteiger partial charge in [0.25, 0.3) is 0 Å². The van der Waals surface area contributed by atoms with Crippen LogP contribution in [0.2, 0.25) is 0 Å². The second-order valence-corrected chi connectivity index (χ2v) is 6.30. The molecule has 0 saturated heterocycles. The molecule has 0 aromatic heterocycles. The molecule has 1 aromatic rings. The summed E-state index contributed by atoms with van der Waals surface area (Å²) in [6.45, 7) is 7.24. The Morgan fingerprint density at radius 3 is 2.43 bits per heavy atom. The first-order chi connectivity index (χ1) is 11.1. The van der Waals surface area contributed by atoms with Crippen LogP contribution in [0.5, 0.6) is 11.5 Å². The molecule has 1 heterocycles. The molecule has 2 rings (SSSR count). The SMILES string of the molecule is CN=C(NCCC(C)C)N1CCc2cc(OC)c(OC)cc2C1. The highest BCUT2D eigenvalue weighted by molar-refractivity contribution is 5.80. The molecule has 23 heavy (non-hydrogen) atoms. The highest BCUT2D eigenvalue weighted by Crippen LogP contribution is 2.33. The van der Waals surface area contributed by atoms with Crippen LogP contribution in [0.1, 0.15) is 31.4 Å². The van der Waals surface area contributed by atoms with Crippen molar-refractivity contribution in [2.75, 3.05) is 34.4 Å². The van der Waals surface area contributed by atoms with Crippen molar-refractivity contribution in [2.24, 2.45) is 10.9 Å². The Morgan fingerprint density at radius 1 is 1.22 bits per heavy atom. The molecular weight excluding hydrogens is 290 g/mol. The summed E-state index contributed by atoms with van der Waals surface area (Å²) in [4.78, 5) is 6.73. The molecule has 1 aliphatic rings. The summed E-state index contributed by atoms with van der Waals surface area (Å²) in [5.74, 6) is 3.26. The van der Waals surface area contributed by atoms with Crippen LogP contribution in [0, 0.1) is 5.92 Å². The van der Waals surface area contributed by atoms with Crippen molar-refractivity contribution in [1.29, 1.82) is 0 Å². The van der Waals surface area contributed by atoms with E-state index in [1.807, 2.05) is 7.05 Å². The van der Waals surface area contributed by atoms with Gasteiger partial charge in [-0.15, -0.1) is 0 Å². The summed E-state index contributed by atoms with van der Waals surface area (Å²) in [5, 5.41) is 3.47. The number of benzene rings is 1. The van der Waals surface area contributed by atoms with Crippen LogP contribution in [0.25, 0.3) is 0 Å². The third-order valence-electron chi connectivity index (χ3n) is 4.23. The Labute approximate surface area is 139 Å². The Hall–Kier alpha value is -1.91. The van der Waals surface area contributed by atoms with E-state index in [4.69, 9.17) is 9.47 Å². The lowest BCUT2D eigenvalue weighted by Crippen LogP contribution is -2.44. The van der Waals surface area contributed by atoms with E-state index < -0.39 is 0 Å². The van der Waals surface area contributed by atoms with Crippen molar-refractivity contribution < 1.29 is 9.47 Å². The van der Waals surface area contributed by atoms with E-state index in [1.165, 1.54) is 11.1 Å². The molecule has 5 heteroatoms. The fraction of sp³-hybridized carbons (Fsp3) is 0.611. The van der Waals surface area contributed by atoms with Gasteiger partial charge in [0, 0.05) is 26.7 Å². The van der Waals surface area contributed by atoms with E-state index in [-0.39, 0.29) is 0 Å². The molecule has 0 radical (unpaired) electrons. The van der Waals surface area contributed by atoms with Gasteiger partial charge in [0.1, 0.15) is 0 Å². The molecule has 1 N–H and O–H groups in total. The van der Waals surface area contributed by atoms with Gasteiger partial charge in [0.2, 0.25) is 0 Å². The minimum atomic E-state index is 0.694. The maximum atomic E-state index is 5.43. The van der Waals surface area contributed by atoms with Gasteiger partial charge in [0.05, 0.1) is 14.2 Å². The maximum absolute atomic E-state index is 5.43. The number of hydrogen-bond acceptors (Lipinski definition) is 3. The van der Waals surface area contributed by atoms with Crippen LogP contribution >= 0.6 is 0 Å². The molecule has 0 bridgehead atoms. The highest BCUT2D eigenvalue weighted by Gasteiger charge is 2.21. The number of aliphatic imine (C=N–C) groups is 1. The van der Waals surface area contributed by atoms with Crippen molar-refractivity contribution in [3.05, 3.63) is 23.3 Å². The zero-order valence-electron chi connectivity index (χ0n) is 15.0. The van der Waals surface area contributed by atoms with Crippen LogP contribution in [0.15, 0.2) is 17.1 Å². The molecule has 1 aliphatic heterocycles. The van der Waals surface area contributed by atoms with Crippen LogP contribution < -0.4 is 14.8 Å². The van der Waals surface area contributed by atoms with Gasteiger partial charge in [0.15, 0.2) is 17.5 Å². The first kappa shape index (κ1) is 17.4. The third-order valence-corrected chi connectivity index (χ3v) is 4.23. The van der Waals surface area contributed by atoms with Gasteiger partial charge < -0.3 is 19.7 Å². The first-order valence-corrected chi connectivity index (χ1v) is 8.28. The minimum absolute atomic E-state index is 0.694. The molecular formula is C18H29N3O2. The smallest absolute Gasteiger partial charge is 0.193 e. The van der Waals surface area contributed by atoms with Gasteiger partial charge in [-0.25, -0.2) is 0 Å². The normalized spacial score (nSPS) is 14.7. The molecule has 5 nitrogen and oxygen atoms in total. The maximum Gasteiger partial charge on any atom is 0.193 e. The number of ether oxygens (including phenoxy) is 2. The number of methoxy groups -OCH3 is 2. The number of rotatable bonds is 5. The first-order valence-electron chi connectivity index (χ1n) is 8.28. The average molecular weight is 319 g/mol. The van der Waals surface area contributed by atoms with E-state index >= 15 is 0 Å². The van der Waals surface area contributed by atoms with Crippen molar-refractivity contribution >= 4 is 5.96 Å². The Kier molecular flexibility index (Phi) is 6.13. The second-order valence-electron chi connectivity index (χ2n) is 6.30. The van der Waals surface area contributed by atoms with Crippen molar-refractivity contribution in [1.82, 2.24) is 10.2 Å². The van der Waals surface area contributed by atoms with Gasteiger partial charge in [-0.3, -0.25) is 4.99 Å². The molecule has 0 aliphatic carbocycles. The third kappa shape index (κ3) is 4.30. The highest BCUT2D eigenvalue weighted by atomic mass is 16.5. The van der Waals surface area contributed by atoms with Gasteiger partial charge in [-0.05, 0) is 42.0 Å². The predicted octanol–water partition coefficient (Wildman–Crippen LogP) is 2.68. The number of nitrogens with zero attached hydrogens (tertiary/aromatic N) is 2. The van der Waals surface area contributed by atoms with E-state index in [2.05, 4.69) is 41.2 Å². The summed E-state index contributed by atoms with van der Waals surface area (Å²) in [6.07, 6.45) is 2.13. The molecule has 0 amide bonds. The van der Waals surface area contributed by atoms with Gasteiger partial charge in [-0.1, -0.05) is 13.8 Å². The number of fused-ring (bicyclic) bond motifs is 1. The van der Waals surface area contributed by atoms with E-state index in [0.29, 0.717) is 5.92 Å². The van der Waals surface area contributed by atoms with E-state index in [0.717, 1.165) is 49.9 Å². The van der Waals surface area contributed by atoms with Crippen molar-refractivity contribution in [3.8, 4) is 11.5 Å². The minimum Gasteiger partial charge on any atom is -0.493 e. The van der Waals surface area contributed by atoms with Crippen molar-refractivity contribution in [3.63, 3.8) is 0 Å². The summed E-state index contributed by atoms with van der Waals surface area (Å²) in [5.41, 5.74) is 2.61. The zero-order chi connectivity index (χ0) is 16.8. The van der Waals surface area contributed by atoms with Gasteiger partial charge >= 0.3 is 0 Å². The predicted molar refractivity (Wildman–Crippen MR) is 94.5 cm³/mol. The fourth-order valence-electron chi connectivity index (χ4n) is 2.87. The molecule has 128 valence electrons. The number of hydrogen-bond donors (Lipinski definition) is 1. The van der Waals surface area contributed by atoms with Crippen LogP contribution in [0.3, 0.4) is 0 Å². The topological polar surface area (TPSA) is 46.1 Å². The molecule has 0 spiro atoms. The lowest BCUT2D eigenvalue weighted by Gasteiger charge is -2.32. The Morgan fingerprint density at radius 2 is 1.87 bits per heavy atom. The standard InChI is InChI=1S/C18H29N3O2/c1-13(2)6-8-20-18(19-3)21-9-7-14-10-16(22-4)17(23-5)11-15(14)12-21/h10-11,13H,6-9,12H2,1-5H3,(H,19,20). The molecule has 0 saturated carbocycles. The van der Waals surface area contributed by atoms with Crippen LogP contribution in [-0.2, 0) is 13.0 Å². The average Bonchev–Trinajstić information content (AvgIpc) is 2.56. The number of guanidine groups is 1. The Balaban J connectivity index is 2.09. The Bertz CT molecular complexity index is 555. The second kappa shape index (κ2) is 8.09. The summed E-state index contributed by atoms with van der Waals surface area (Å²) in [7, 11) is 5.21. The van der Waals surface area contributed by atoms with Crippen LogP contribution in [-0.4, -0.2) is 45.2 Å². The summed E-state index contributed by atoms with van der Waals surface area (Å²) in [6, 6.07) is 4.18. The monoisotopic (exact) mass is 319 g/mol. The number of nitrogens with one attached hydrogen (secondary N) is 1. The zero-order valence-corrected chi connectivity index (χ0v) is 15.0. The largest absolute Gasteiger partial charge is 0.493 e. The lowest BCUT2D eigenvalue weighted by atomic mass is 9.99. The molecule has 0 fully saturated rings. The summed E-state index contributed by atoms with van der Waals surface area (Å²) < 4.78 is 10.8. The van der Waals surface area contributed by atoms with Gasteiger partial charge in [-0.2, -0.15) is 0 Å². The van der Waals surface area contributed by atoms with Crippen LogP contribution in [0.4, 0.5) is 0 Å². The van der Waals surface area contributed by atoms with E-state index in [9.17, 15) is 0 Å². The molecule has 0 unspecified atom stereocenters. The fourth-order valence-corrected chi connectivity index (χ4v) is 2.87. The molecule has 0 atom stereocenters.